The monoisotopic (exact) mass is 534 g/mol. The highest BCUT2D eigenvalue weighted by Gasteiger charge is 2.51. The van der Waals surface area contributed by atoms with Crippen LogP contribution in [0.15, 0.2) is 29.2 Å². The van der Waals surface area contributed by atoms with Gasteiger partial charge in [0.05, 0.1) is 51.4 Å². The van der Waals surface area contributed by atoms with Crippen LogP contribution in [0.2, 0.25) is 0 Å². The van der Waals surface area contributed by atoms with Crippen LogP contribution in [0.4, 0.5) is 13.2 Å². The standard InChI is InChI=1S/C22H25F3N2O6S2/c23-22(24,25)17-3-1-2-4-19(17)35(31,32)15-11-16(20(28)27-21(13-26)7-8-21)18(12-15)33-14-5-9-34(29,30)10-6-14/h1-4,14-16,18H,5-12H2,(H,27,28)/t15-,16-,18-/m1/s1. The number of benzene rings is 1. The van der Waals surface area contributed by atoms with Crippen molar-refractivity contribution in [2.24, 2.45) is 5.92 Å². The lowest BCUT2D eigenvalue weighted by Crippen LogP contribution is -2.43. The molecule has 1 aliphatic heterocycles. The SMILES string of the molecule is N#CC1(NC(=O)[C@@H]2C[C@@H](S(=O)(=O)c3ccccc3C(F)(F)F)C[C@H]2OC2CCS(=O)(=O)CC2)CC1. The molecular weight excluding hydrogens is 509 g/mol. The normalized spacial score (nSPS) is 28.2. The molecule has 1 amide bonds. The topological polar surface area (TPSA) is 130 Å². The third-order valence-corrected chi connectivity index (χ3v) is 10.9. The minimum Gasteiger partial charge on any atom is -0.374 e. The summed E-state index contributed by atoms with van der Waals surface area (Å²) in [4.78, 5) is 12.2. The maximum atomic E-state index is 13.5. The van der Waals surface area contributed by atoms with Crippen molar-refractivity contribution in [1.82, 2.24) is 5.32 Å². The van der Waals surface area contributed by atoms with Gasteiger partial charge in [-0.2, -0.15) is 18.4 Å². The van der Waals surface area contributed by atoms with E-state index in [9.17, 15) is 40.1 Å². The molecule has 2 aliphatic carbocycles. The Balaban J connectivity index is 1.60. The third-order valence-electron chi connectivity index (χ3n) is 6.93. The Morgan fingerprint density at radius 2 is 1.77 bits per heavy atom. The van der Waals surface area contributed by atoms with E-state index in [0.29, 0.717) is 18.9 Å². The number of alkyl halides is 3. The quantitative estimate of drug-likeness (QED) is 0.593. The molecule has 0 bridgehead atoms. The highest BCUT2D eigenvalue weighted by molar-refractivity contribution is 7.92. The van der Waals surface area contributed by atoms with E-state index in [4.69, 9.17) is 4.74 Å². The number of carbonyl (C=O) groups excluding carboxylic acids is 1. The largest absolute Gasteiger partial charge is 0.417 e. The van der Waals surface area contributed by atoms with Gasteiger partial charge in [0.1, 0.15) is 5.54 Å². The molecule has 35 heavy (non-hydrogen) atoms. The second-order valence-electron chi connectivity index (χ2n) is 9.45. The van der Waals surface area contributed by atoms with Crippen LogP contribution < -0.4 is 5.32 Å². The molecule has 1 N–H and O–H groups in total. The minimum absolute atomic E-state index is 0.0977. The predicted octanol–water partition coefficient (Wildman–Crippen LogP) is 2.39. The zero-order valence-electron chi connectivity index (χ0n) is 18.6. The lowest BCUT2D eigenvalue weighted by molar-refractivity contribution is -0.140. The van der Waals surface area contributed by atoms with E-state index < -0.39 is 71.1 Å². The molecule has 0 aromatic heterocycles. The van der Waals surface area contributed by atoms with E-state index in [2.05, 4.69) is 5.32 Å². The average molecular weight is 535 g/mol. The van der Waals surface area contributed by atoms with Gasteiger partial charge < -0.3 is 10.1 Å². The second kappa shape index (κ2) is 9.05. The molecule has 3 atom stereocenters. The maximum Gasteiger partial charge on any atom is 0.417 e. The fraction of sp³-hybridized carbons (Fsp3) is 0.636. The number of halogens is 3. The van der Waals surface area contributed by atoms with E-state index in [-0.39, 0.29) is 37.2 Å². The summed E-state index contributed by atoms with van der Waals surface area (Å²) in [5.74, 6) is -1.78. The first-order valence-corrected chi connectivity index (χ1v) is 14.6. The molecule has 2 saturated carbocycles. The Hall–Kier alpha value is -2.17. The van der Waals surface area contributed by atoms with Gasteiger partial charge in [-0.15, -0.1) is 0 Å². The van der Waals surface area contributed by atoms with Crippen molar-refractivity contribution >= 4 is 25.6 Å². The molecule has 0 radical (unpaired) electrons. The summed E-state index contributed by atoms with van der Waals surface area (Å²) in [5, 5.41) is 10.6. The molecule has 0 unspecified atom stereocenters. The number of carbonyl (C=O) groups is 1. The molecule has 8 nitrogen and oxygen atoms in total. The van der Waals surface area contributed by atoms with Crippen LogP contribution in [-0.4, -0.2) is 57.2 Å². The van der Waals surface area contributed by atoms with Crippen LogP contribution in [0.25, 0.3) is 0 Å². The van der Waals surface area contributed by atoms with Gasteiger partial charge in [0.15, 0.2) is 19.7 Å². The van der Waals surface area contributed by atoms with Crippen LogP contribution in [-0.2, 0) is 35.4 Å². The first kappa shape index (κ1) is 25.9. The van der Waals surface area contributed by atoms with Gasteiger partial charge in [0.2, 0.25) is 5.91 Å². The van der Waals surface area contributed by atoms with Crippen LogP contribution in [0.3, 0.4) is 0 Å². The number of nitriles is 1. The molecule has 0 spiro atoms. The summed E-state index contributed by atoms with van der Waals surface area (Å²) in [6.07, 6.45) is -5.54. The van der Waals surface area contributed by atoms with Gasteiger partial charge >= 0.3 is 6.18 Å². The van der Waals surface area contributed by atoms with Crippen LogP contribution >= 0.6 is 0 Å². The molecule has 1 saturated heterocycles. The molecule has 3 aliphatic rings. The zero-order valence-corrected chi connectivity index (χ0v) is 20.3. The van der Waals surface area contributed by atoms with Crippen LogP contribution in [0, 0.1) is 17.2 Å². The van der Waals surface area contributed by atoms with Crippen molar-refractivity contribution in [2.45, 2.75) is 72.6 Å². The number of hydrogen-bond acceptors (Lipinski definition) is 7. The number of rotatable bonds is 6. The van der Waals surface area contributed by atoms with Crippen molar-refractivity contribution in [2.75, 3.05) is 11.5 Å². The number of nitrogens with one attached hydrogen (secondary N) is 1. The Morgan fingerprint density at radius 1 is 1.14 bits per heavy atom. The van der Waals surface area contributed by atoms with E-state index in [1.807, 2.05) is 6.07 Å². The lowest BCUT2D eigenvalue weighted by atomic mass is 10.0. The first-order chi connectivity index (χ1) is 16.3. The van der Waals surface area contributed by atoms with E-state index in [1.54, 1.807) is 0 Å². The Morgan fingerprint density at radius 3 is 2.34 bits per heavy atom. The Labute approximate surface area is 201 Å². The fourth-order valence-corrected chi connectivity index (χ4v) is 8.20. The van der Waals surface area contributed by atoms with Gasteiger partial charge in [-0.05, 0) is 50.7 Å². The molecule has 192 valence electrons. The smallest absolute Gasteiger partial charge is 0.374 e. The molecule has 13 heteroatoms. The molecular formula is C22H25F3N2O6S2. The number of hydrogen-bond donors (Lipinski definition) is 1. The van der Waals surface area contributed by atoms with E-state index in [1.165, 1.54) is 6.07 Å². The van der Waals surface area contributed by atoms with E-state index in [0.717, 1.165) is 12.1 Å². The first-order valence-electron chi connectivity index (χ1n) is 11.3. The number of amides is 1. The summed E-state index contributed by atoms with van der Waals surface area (Å²) in [6.45, 7) is 0. The predicted molar refractivity (Wildman–Crippen MR) is 117 cm³/mol. The summed E-state index contributed by atoms with van der Waals surface area (Å²) < 4.78 is 96.7. The number of nitrogens with zero attached hydrogens (tertiary/aromatic N) is 1. The van der Waals surface area contributed by atoms with E-state index >= 15 is 0 Å². The molecule has 1 heterocycles. The second-order valence-corrected chi connectivity index (χ2v) is 13.9. The van der Waals surface area contributed by atoms with Crippen molar-refractivity contribution in [3.63, 3.8) is 0 Å². The molecule has 3 fully saturated rings. The van der Waals surface area contributed by atoms with Crippen LogP contribution in [0.1, 0.15) is 44.1 Å². The van der Waals surface area contributed by atoms with Gasteiger partial charge in [-0.1, -0.05) is 12.1 Å². The fourth-order valence-electron chi connectivity index (χ4n) is 4.73. The number of sulfone groups is 2. The Kier molecular flexibility index (Phi) is 6.70. The van der Waals surface area contributed by atoms with Gasteiger partial charge in [0.25, 0.3) is 0 Å². The van der Waals surface area contributed by atoms with Crippen LogP contribution in [0.5, 0.6) is 0 Å². The molecule has 4 rings (SSSR count). The van der Waals surface area contributed by atoms with Crippen molar-refractivity contribution in [1.29, 1.82) is 5.26 Å². The van der Waals surface area contributed by atoms with Gasteiger partial charge in [-0.3, -0.25) is 4.79 Å². The van der Waals surface area contributed by atoms with Gasteiger partial charge in [-0.25, -0.2) is 16.8 Å². The highest BCUT2D eigenvalue weighted by Crippen LogP contribution is 2.42. The Bertz CT molecular complexity index is 1240. The molecule has 1 aromatic rings. The minimum atomic E-state index is -4.88. The third kappa shape index (κ3) is 5.49. The lowest BCUT2D eigenvalue weighted by Gasteiger charge is -2.28. The summed E-state index contributed by atoms with van der Waals surface area (Å²) >= 11 is 0. The highest BCUT2D eigenvalue weighted by atomic mass is 32.2. The van der Waals surface area contributed by atoms with Crippen molar-refractivity contribution in [3.05, 3.63) is 29.8 Å². The van der Waals surface area contributed by atoms with Gasteiger partial charge in [0, 0.05) is 0 Å². The maximum absolute atomic E-state index is 13.5. The summed E-state index contributed by atoms with van der Waals surface area (Å²) in [6, 6.07) is 5.94. The average Bonchev–Trinajstić information content (AvgIpc) is 3.43. The number of ether oxygens (including phenoxy) is 1. The summed E-state index contributed by atoms with van der Waals surface area (Å²) in [7, 11) is -7.67. The van der Waals surface area contributed by atoms with Crippen molar-refractivity contribution < 1.29 is 39.5 Å². The summed E-state index contributed by atoms with van der Waals surface area (Å²) in [5.41, 5.74) is -2.29. The van der Waals surface area contributed by atoms with Crippen molar-refractivity contribution in [3.8, 4) is 6.07 Å². The molecule has 1 aromatic carbocycles. The zero-order chi connectivity index (χ0) is 25.6.